The number of benzene rings is 1. The van der Waals surface area contributed by atoms with Gasteiger partial charge in [0.05, 0.1) is 12.6 Å². The third-order valence-corrected chi connectivity index (χ3v) is 3.98. The Hall–Kier alpha value is -2.36. The van der Waals surface area contributed by atoms with Crippen LogP contribution in [0.2, 0.25) is 0 Å². The molecule has 1 aromatic heterocycles. The average Bonchev–Trinajstić information content (AvgIpc) is 3.05. The number of carbonyl (C=O) groups is 1. The van der Waals surface area contributed by atoms with E-state index >= 15 is 0 Å². The van der Waals surface area contributed by atoms with E-state index in [2.05, 4.69) is 4.98 Å². The van der Waals surface area contributed by atoms with Crippen molar-refractivity contribution < 1.29 is 9.53 Å². The zero-order valence-corrected chi connectivity index (χ0v) is 12.7. The number of nitrogens with zero attached hydrogens (tertiary/aromatic N) is 2. The minimum Gasteiger partial charge on any atom is -0.478 e. The number of likely N-dealkylation sites (tertiary alicyclic amines) is 1. The van der Waals surface area contributed by atoms with E-state index in [1.807, 2.05) is 54.3 Å². The molecule has 2 heterocycles. The van der Waals surface area contributed by atoms with Crippen molar-refractivity contribution in [1.29, 1.82) is 0 Å². The van der Waals surface area contributed by atoms with Gasteiger partial charge in [0.15, 0.2) is 0 Å². The molecule has 114 valence electrons. The summed E-state index contributed by atoms with van der Waals surface area (Å²) in [4.78, 5) is 19.0. The molecule has 1 atom stereocenters. The van der Waals surface area contributed by atoms with Gasteiger partial charge in [0.25, 0.3) is 5.91 Å². The van der Waals surface area contributed by atoms with Gasteiger partial charge in [0.1, 0.15) is 0 Å². The van der Waals surface area contributed by atoms with Crippen molar-refractivity contribution in [3.63, 3.8) is 0 Å². The van der Waals surface area contributed by atoms with Gasteiger partial charge < -0.3 is 9.64 Å². The van der Waals surface area contributed by atoms with Crippen LogP contribution in [0.5, 0.6) is 5.88 Å². The molecule has 4 heteroatoms. The molecule has 4 nitrogen and oxygen atoms in total. The number of rotatable bonds is 4. The van der Waals surface area contributed by atoms with Crippen LogP contribution in [0.4, 0.5) is 0 Å². The number of amides is 1. The second-order valence-electron chi connectivity index (χ2n) is 5.35. The van der Waals surface area contributed by atoms with Gasteiger partial charge in [-0.2, -0.15) is 0 Å². The second-order valence-corrected chi connectivity index (χ2v) is 5.35. The highest BCUT2D eigenvalue weighted by Crippen LogP contribution is 2.36. The fourth-order valence-corrected chi connectivity index (χ4v) is 2.99. The Balaban J connectivity index is 1.89. The molecule has 1 fully saturated rings. The molecular weight excluding hydrogens is 276 g/mol. The highest BCUT2D eigenvalue weighted by Gasteiger charge is 2.32. The summed E-state index contributed by atoms with van der Waals surface area (Å²) in [5.74, 6) is 0.720. The van der Waals surface area contributed by atoms with E-state index in [0.717, 1.165) is 30.5 Å². The minimum absolute atomic E-state index is 0.0444. The fourth-order valence-electron chi connectivity index (χ4n) is 2.99. The first kappa shape index (κ1) is 14.6. The Morgan fingerprint density at radius 1 is 1.27 bits per heavy atom. The second kappa shape index (κ2) is 6.60. The monoisotopic (exact) mass is 296 g/mol. The van der Waals surface area contributed by atoms with Crippen molar-refractivity contribution in [2.24, 2.45) is 0 Å². The first-order valence-electron chi connectivity index (χ1n) is 7.75. The largest absolute Gasteiger partial charge is 0.478 e. The number of pyridine rings is 1. The molecule has 1 aliphatic rings. The van der Waals surface area contributed by atoms with Crippen LogP contribution in [-0.2, 0) is 0 Å². The summed E-state index contributed by atoms with van der Waals surface area (Å²) in [5.41, 5.74) is 1.74. The highest BCUT2D eigenvalue weighted by atomic mass is 16.5. The summed E-state index contributed by atoms with van der Waals surface area (Å²) in [6.45, 7) is 3.29. The van der Waals surface area contributed by atoms with E-state index < -0.39 is 0 Å². The van der Waals surface area contributed by atoms with E-state index in [-0.39, 0.29) is 11.9 Å². The smallest absolute Gasteiger partial charge is 0.254 e. The predicted octanol–water partition coefficient (Wildman–Crippen LogP) is 3.46. The molecule has 3 rings (SSSR count). The van der Waals surface area contributed by atoms with E-state index in [1.54, 1.807) is 6.20 Å². The topological polar surface area (TPSA) is 42.4 Å². The van der Waals surface area contributed by atoms with Crippen molar-refractivity contribution >= 4 is 5.91 Å². The Labute approximate surface area is 130 Å². The van der Waals surface area contributed by atoms with Crippen LogP contribution >= 0.6 is 0 Å². The number of ether oxygens (including phenoxy) is 1. The van der Waals surface area contributed by atoms with Gasteiger partial charge in [-0.25, -0.2) is 4.98 Å². The van der Waals surface area contributed by atoms with Crippen LogP contribution in [0, 0.1) is 0 Å². The van der Waals surface area contributed by atoms with E-state index in [4.69, 9.17) is 4.74 Å². The molecule has 0 aliphatic carbocycles. The van der Waals surface area contributed by atoms with Gasteiger partial charge in [-0.15, -0.1) is 0 Å². The third kappa shape index (κ3) is 2.82. The van der Waals surface area contributed by atoms with Crippen molar-refractivity contribution in [3.05, 3.63) is 59.8 Å². The molecule has 0 spiro atoms. The van der Waals surface area contributed by atoms with E-state index in [9.17, 15) is 4.79 Å². The van der Waals surface area contributed by atoms with Crippen LogP contribution in [0.25, 0.3) is 0 Å². The first-order chi connectivity index (χ1) is 10.8. The Kier molecular flexibility index (Phi) is 4.37. The molecule has 0 bridgehead atoms. The number of hydrogen-bond donors (Lipinski definition) is 0. The van der Waals surface area contributed by atoms with Crippen molar-refractivity contribution in [3.8, 4) is 5.88 Å². The SMILES string of the molecule is CCOc1ncccc1[C@H]1CCCN1C(=O)c1ccccc1. The molecular formula is C18H20N2O2. The number of hydrogen-bond acceptors (Lipinski definition) is 3. The maximum absolute atomic E-state index is 12.8. The van der Waals surface area contributed by atoms with Crippen LogP contribution in [0.3, 0.4) is 0 Å². The molecule has 2 aromatic rings. The zero-order valence-electron chi connectivity index (χ0n) is 12.7. The lowest BCUT2D eigenvalue weighted by Crippen LogP contribution is -2.30. The highest BCUT2D eigenvalue weighted by molar-refractivity contribution is 5.94. The van der Waals surface area contributed by atoms with E-state index in [1.165, 1.54) is 0 Å². The summed E-state index contributed by atoms with van der Waals surface area (Å²) in [7, 11) is 0. The maximum atomic E-state index is 12.8. The van der Waals surface area contributed by atoms with E-state index in [0.29, 0.717) is 12.5 Å². The van der Waals surface area contributed by atoms with Crippen LogP contribution in [0.15, 0.2) is 48.7 Å². The molecule has 1 aromatic carbocycles. The maximum Gasteiger partial charge on any atom is 0.254 e. The zero-order chi connectivity index (χ0) is 15.4. The van der Waals surface area contributed by atoms with Gasteiger partial charge in [-0.05, 0) is 38.0 Å². The molecule has 1 aliphatic heterocycles. The van der Waals surface area contributed by atoms with Gasteiger partial charge in [0.2, 0.25) is 5.88 Å². The standard InChI is InChI=1S/C18H20N2O2/c1-2-22-17-15(10-6-12-19-17)16-11-7-13-20(16)18(21)14-8-4-3-5-9-14/h3-6,8-10,12,16H,2,7,11,13H2,1H3/t16-/m1/s1. The molecule has 0 radical (unpaired) electrons. The van der Waals surface area contributed by atoms with Gasteiger partial charge >= 0.3 is 0 Å². The lowest BCUT2D eigenvalue weighted by atomic mass is 10.1. The molecule has 0 N–H and O–H groups in total. The summed E-state index contributed by atoms with van der Waals surface area (Å²) in [6, 6.07) is 13.4. The van der Waals surface area contributed by atoms with Crippen LogP contribution < -0.4 is 4.74 Å². The van der Waals surface area contributed by atoms with Crippen molar-refractivity contribution in [1.82, 2.24) is 9.88 Å². The molecule has 0 unspecified atom stereocenters. The Morgan fingerprint density at radius 2 is 2.09 bits per heavy atom. The summed E-state index contributed by atoms with van der Waals surface area (Å²) < 4.78 is 5.63. The third-order valence-electron chi connectivity index (χ3n) is 3.98. The molecule has 0 saturated carbocycles. The molecule has 1 amide bonds. The molecule has 1 saturated heterocycles. The quantitative estimate of drug-likeness (QED) is 0.867. The molecule has 22 heavy (non-hydrogen) atoms. The number of carbonyl (C=O) groups excluding carboxylic acids is 1. The van der Waals surface area contributed by atoms with Crippen LogP contribution in [-0.4, -0.2) is 28.9 Å². The first-order valence-corrected chi connectivity index (χ1v) is 7.75. The van der Waals surface area contributed by atoms with Gasteiger partial charge in [0, 0.05) is 23.9 Å². The lowest BCUT2D eigenvalue weighted by molar-refractivity contribution is 0.0733. The Morgan fingerprint density at radius 3 is 2.86 bits per heavy atom. The predicted molar refractivity (Wildman–Crippen MR) is 84.9 cm³/mol. The van der Waals surface area contributed by atoms with Gasteiger partial charge in [-0.3, -0.25) is 4.79 Å². The lowest BCUT2D eigenvalue weighted by Gasteiger charge is -2.26. The summed E-state index contributed by atoms with van der Waals surface area (Å²) in [5, 5.41) is 0. The fraction of sp³-hybridized carbons (Fsp3) is 0.333. The van der Waals surface area contributed by atoms with Crippen LogP contribution in [0.1, 0.15) is 41.7 Å². The number of aromatic nitrogens is 1. The van der Waals surface area contributed by atoms with Crippen molar-refractivity contribution in [2.45, 2.75) is 25.8 Å². The summed E-state index contributed by atoms with van der Waals surface area (Å²) >= 11 is 0. The normalized spacial score (nSPS) is 17.5. The van der Waals surface area contributed by atoms with Gasteiger partial charge in [-0.1, -0.05) is 24.3 Å². The minimum atomic E-state index is 0.0444. The summed E-state index contributed by atoms with van der Waals surface area (Å²) in [6.07, 6.45) is 3.68. The van der Waals surface area contributed by atoms with Crippen molar-refractivity contribution in [2.75, 3.05) is 13.2 Å². The average molecular weight is 296 g/mol. The Bertz CT molecular complexity index is 643.